The summed E-state index contributed by atoms with van der Waals surface area (Å²) in [6.07, 6.45) is 6.37. The monoisotopic (exact) mass is 519 g/mol. The molecule has 8 nitrogen and oxygen atoms in total. The van der Waals surface area contributed by atoms with Crippen LogP contribution in [0.15, 0.2) is 36.5 Å². The van der Waals surface area contributed by atoms with Crippen LogP contribution in [0, 0.1) is 0 Å². The number of benzene rings is 1. The highest BCUT2D eigenvalue weighted by Gasteiger charge is 2.38. The number of aryl methyl sites for hydroxylation is 1. The average Bonchev–Trinajstić information content (AvgIpc) is 3.30. The summed E-state index contributed by atoms with van der Waals surface area (Å²) >= 11 is 0. The Morgan fingerprint density at radius 1 is 1.08 bits per heavy atom. The summed E-state index contributed by atoms with van der Waals surface area (Å²) in [7, 11) is 4.32. The SMILES string of the molecule is CCC[C@H](c1nc2cc(CN3CCC(c4cccc(O)c4)(N(C)C)CC3)cnc2n1CC)N1CCNCC1. The van der Waals surface area contributed by atoms with E-state index in [4.69, 9.17) is 9.97 Å². The predicted octanol–water partition coefficient (Wildman–Crippen LogP) is 3.96. The van der Waals surface area contributed by atoms with E-state index in [1.807, 2.05) is 12.1 Å². The summed E-state index contributed by atoms with van der Waals surface area (Å²) < 4.78 is 2.34. The number of likely N-dealkylation sites (tertiary alicyclic amines) is 1. The van der Waals surface area contributed by atoms with E-state index in [2.05, 4.69) is 70.9 Å². The normalized spacial score (nSPS) is 19.8. The van der Waals surface area contributed by atoms with E-state index >= 15 is 0 Å². The maximum Gasteiger partial charge on any atom is 0.160 e. The fourth-order valence-electron chi connectivity index (χ4n) is 6.59. The molecule has 206 valence electrons. The summed E-state index contributed by atoms with van der Waals surface area (Å²) in [5, 5.41) is 13.6. The highest BCUT2D eigenvalue weighted by atomic mass is 16.3. The molecule has 2 N–H and O–H groups in total. The number of aromatic hydroxyl groups is 1. The van der Waals surface area contributed by atoms with Gasteiger partial charge in [0.15, 0.2) is 5.65 Å². The van der Waals surface area contributed by atoms with Crippen LogP contribution in [-0.4, -0.2) is 87.7 Å². The third-order valence-corrected chi connectivity index (χ3v) is 8.77. The fraction of sp³-hybridized carbons (Fsp3) is 0.600. The molecule has 3 aromatic rings. The highest BCUT2D eigenvalue weighted by molar-refractivity contribution is 5.72. The van der Waals surface area contributed by atoms with Crippen LogP contribution in [0.5, 0.6) is 5.75 Å². The van der Waals surface area contributed by atoms with Gasteiger partial charge in [0.25, 0.3) is 0 Å². The Morgan fingerprint density at radius 2 is 1.84 bits per heavy atom. The molecule has 1 aromatic carbocycles. The number of phenolic OH excluding ortho intramolecular Hbond substituents is 1. The molecule has 5 rings (SSSR count). The molecule has 0 aliphatic carbocycles. The van der Waals surface area contributed by atoms with Crippen LogP contribution < -0.4 is 5.32 Å². The number of piperidine rings is 1. The lowest BCUT2D eigenvalue weighted by atomic mass is 9.79. The van der Waals surface area contributed by atoms with Crippen molar-refractivity contribution < 1.29 is 5.11 Å². The first-order valence-corrected chi connectivity index (χ1v) is 14.4. The van der Waals surface area contributed by atoms with Gasteiger partial charge >= 0.3 is 0 Å². The van der Waals surface area contributed by atoms with Gasteiger partial charge in [0.2, 0.25) is 0 Å². The molecule has 0 saturated carbocycles. The van der Waals surface area contributed by atoms with Crippen LogP contribution in [0.3, 0.4) is 0 Å². The molecule has 4 heterocycles. The van der Waals surface area contributed by atoms with Crippen molar-refractivity contribution in [3.8, 4) is 5.75 Å². The standard InChI is InChI=1S/C30H45N7O/c1-5-8-27(36-17-13-31-14-18-36)29-33-26-19-23(21-32-28(26)37(29)6-2)22-35-15-11-30(12-16-35,34(3)4)24-9-7-10-25(38)20-24/h7,9-10,19-21,27,31,38H,5-6,8,11-18,22H2,1-4H3/t27-/m1/s1. The highest BCUT2D eigenvalue weighted by Crippen LogP contribution is 2.39. The average molecular weight is 520 g/mol. The zero-order valence-electron chi connectivity index (χ0n) is 23.7. The Hall–Kier alpha value is -2.52. The van der Waals surface area contributed by atoms with Crippen LogP contribution >= 0.6 is 0 Å². The van der Waals surface area contributed by atoms with E-state index in [1.165, 1.54) is 17.0 Å². The van der Waals surface area contributed by atoms with Crippen LogP contribution in [0.25, 0.3) is 11.2 Å². The number of hydrogen-bond acceptors (Lipinski definition) is 7. The van der Waals surface area contributed by atoms with Crippen molar-refractivity contribution in [1.82, 2.24) is 34.6 Å². The Bertz CT molecular complexity index is 1210. The minimum Gasteiger partial charge on any atom is -0.508 e. The number of imidazole rings is 1. The van der Waals surface area contributed by atoms with Gasteiger partial charge in [-0.1, -0.05) is 25.5 Å². The van der Waals surface area contributed by atoms with Crippen molar-refractivity contribution in [3.63, 3.8) is 0 Å². The number of phenols is 1. The lowest BCUT2D eigenvalue weighted by molar-refractivity contribution is 0.0505. The number of rotatable bonds is 9. The van der Waals surface area contributed by atoms with Gasteiger partial charge in [-0.25, -0.2) is 9.97 Å². The summed E-state index contributed by atoms with van der Waals surface area (Å²) in [5.74, 6) is 1.52. The first kappa shape index (κ1) is 27.1. The lowest BCUT2D eigenvalue weighted by Gasteiger charge is -2.46. The number of hydrogen-bond donors (Lipinski definition) is 2. The second-order valence-corrected chi connectivity index (χ2v) is 11.2. The Morgan fingerprint density at radius 3 is 2.50 bits per heavy atom. The molecule has 2 aliphatic rings. The van der Waals surface area contributed by atoms with Gasteiger partial charge in [0.1, 0.15) is 17.1 Å². The molecule has 0 bridgehead atoms. The second-order valence-electron chi connectivity index (χ2n) is 11.2. The third-order valence-electron chi connectivity index (χ3n) is 8.77. The van der Waals surface area contributed by atoms with Gasteiger partial charge in [0, 0.05) is 64.1 Å². The van der Waals surface area contributed by atoms with Crippen LogP contribution in [0.2, 0.25) is 0 Å². The molecule has 2 fully saturated rings. The molecule has 0 spiro atoms. The summed E-state index contributed by atoms with van der Waals surface area (Å²) in [4.78, 5) is 17.6. The second kappa shape index (κ2) is 11.7. The first-order chi connectivity index (χ1) is 18.4. The predicted molar refractivity (Wildman–Crippen MR) is 153 cm³/mol. The van der Waals surface area contributed by atoms with Crippen LogP contribution in [-0.2, 0) is 18.6 Å². The zero-order chi connectivity index (χ0) is 26.7. The van der Waals surface area contributed by atoms with Crippen LogP contribution in [0.1, 0.15) is 62.5 Å². The fourth-order valence-corrected chi connectivity index (χ4v) is 6.59. The van der Waals surface area contributed by atoms with E-state index in [0.29, 0.717) is 11.8 Å². The molecular formula is C30H45N7O. The molecule has 0 unspecified atom stereocenters. The molecule has 2 saturated heterocycles. The molecule has 0 amide bonds. The number of nitrogens with zero attached hydrogens (tertiary/aromatic N) is 6. The Labute approximate surface area is 227 Å². The number of fused-ring (bicyclic) bond motifs is 1. The first-order valence-electron chi connectivity index (χ1n) is 14.4. The molecule has 8 heteroatoms. The molecule has 2 aromatic heterocycles. The van der Waals surface area contributed by atoms with Gasteiger partial charge in [-0.15, -0.1) is 0 Å². The van der Waals surface area contributed by atoms with Gasteiger partial charge < -0.3 is 15.0 Å². The molecule has 0 radical (unpaired) electrons. The third kappa shape index (κ3) is 5.32. The van der Waals surface area contributed by atoms with Gasteiger partial charge in [-0.2, -0.15) is 0 Å². The van der Waals surface area contributed by atoms with E-state index in [-0.39, 0.29) is 5.54 Å². The Balaban J connectivity index is 1.34. The largest absolute Gasteiger partial charge is 0.508 e. The van der Waals surface area contributed by atoms with E-state index in [1.54, 1.807) is 6.07 Å². The summed E-state index contributed by atoms with van der Waals surface area (Å²) in [6, 6.07) is 10.4. The number of piperazine rings is 1. The number of pyridine rings is 1. The summed E-state index contributed by atoms with van der Waals surface area (Å²) in [5.41, 5.74) is 4.42. The van der Waals surface area contributed by atoms with E-state index < -0.39 is 0 Å². The maximum atomic E-state index is 10.1. The van der Waals surface area contributed by atoms with Crippen molar-refractivity contribution in [2.75, 3.05) is 53.4 Å². The smallest absolute Gasteiger partial charge is 0.160 e. The van der Waals surface area contributed by atoms with Crippen molar-refractivity contribution in [2.24, 2.45) is 0 Å². The van der Waals surface area contributed by atoms with Crippen molar-refractivity contribution in [1.29, 1.82) is 0 Å². The molecular weight excluding hydrogens is 474 g/mol. The van der Waals surface area contributed by atoms with Gasteiger partial charge in [0.05, 0.1) is 6.04 Å². The van der Waals surface area contributed by atoms with Gasteiger partial charge in [-0.05, 0) is 69.6 Å². The minimum atomic E-state index is -0.0511. The topological polar surface area (TPSA) is 72.7 Å². The Kier molecular flexibility index (Phi) is 8.33. The van der Waals surface area contributed by atoms with E-state index in [9.17, 15) is 5.11 Å². The minimum absolute atomic E-state index is 0.0511. The van der Waals surface area contributed by atoms with E-state index in [0.717, 1.165) is 89.2 Å². The lowest BCUT2D eigenvalue weighted by Crippen LogP contribution is -2.50. The molecule has 2 aliphatic heterocycles. The molecule has 1 atom stereocenters. The summed E-state index contributed by atoms with van der Waals surface area (Å²) in [6.45, 7) is 12.5. The quantitative estimate of drug-likeness (QED) is 0.443. The molecule has 38 heavy (non-hydrogen) atoms. The van der Waals surface area contributed by atoms with Gasteiger partial charge in [-0.3, -0.25) is 14.7 Å². The number of nitrogens with one attached hydrogen (secondary N) is 1. The van der Waals surface area contributed by atoms with Crippen molar-refractivity contribution in [3.05, 3.63) is 53.5 Å². The van der Waals surface area contributed by atoms with Crippen LogP contribution in [0.4, 0.5) is 0 Å². The van der Waals surface area contributed by atoms with Crippen molar-refractivity contribution >= 4 is 11.2 Å². The zero-order valence-corrected chi connectivity index (χ0v) is 23.7. The number of aromatic nitrogens is 3. The maximum absolute atomic E-state index is 10.1. The van der Waals surface area contributed by atoms with Crippen molar-refractivity contribution in [2.45, 2.75) is 64.2 Å².